The Morgan fingerprint density at radius 1 is 1.07 bits per heavy atom. The van der Waals surface area contributed by atoms with E-state index in [0.717, 1.165) is 42.7 Å². The lowest BCUT2D eigenvalue weighted by Gasteiger charge is -2.28. The summed E-state index contributed by atoms with van der Waals surface area (Å²) in [4.78, 5) is 29.2. The molecular weight excluding hydrogens is 350 g/mol. The van der Waals surface area contributed by atoms with Crippen LogP contribution in [-0.2, 0) is 16.1 Å². The Morgan fingerprint density at radius 2 is 1.71 bits per heavy atom. The first kappa shape index (κ1) is 24.0. The van der Waals surface area contributed by atoms with Gasteiger partial charge in [0.1, 0.15) is 0 Å². The molecule has 0 radical (unpaired) electrons. The average molecular weight is 390 g/mol. The van der Waals surface area contributed by atoms with Crippen molar-refractivity contribution in [3.8, 4) is 0 Å². The zero-order chi connectivity index (χ0) is 21.3. The van der Waals surface area contributed by atoms with Gasteiger partial charge in [0.15, 0.2) is 0 Å². The lowest BCUT2D eigenvalue weighted by atomic mass is 10.0. The van der Waals surface area contributed by atoms with Crippen molar-refractivity contribution in [2.45, 2.75) is 66.8 Å². The summed E-state index contributed by atoms with van der Waals surface area (Å²) in [5, 5.41) is 3.00. The highest BCUT2D eigenvalue weighted by atomic mass is 16.2. The molecule has 0 aliphatic rings. The Kier molecular flexibility index (Phi) is 10.0. The standard InChI is InChI=1S/C23H39N3O2/c1-8-13-26(23(28)18(9-2)10-3)16-19-15-20(11-12-21(19)25(6)7)24-22(27)14-17(4)5/h11-12,15,17-18H,8-10,13-14,16H2,1-7H3,(H,24,27). The van der Waals surface area contributed by atoms with E-state index in [4.69, 9.17) is 0 Å². The molecule has 0 fully saturated rings. The van der Waals surface area contributed by atoms with Crippen molar-refractivity contribution in [3.05, 3.63) is 23.8 Å². The minimum atomic E-state index is 0.0251. The van der Waals surface area contributed by atoms with E-state index >= 15 is 0 Å². The summed E-state index contributed by atoms with van der Waals surface area (Å²) in [6.07, 6.45) is 3.15. The second kappa shape index (κ2) is 11.7. The highest BCUT2D eigenvalue weighted by molar-refractivity contribution is 5.91. The lowest BCUT2D eigenvalue weighted by molar-refractivity contribution is -0.136. The Hall–Kier alpha value is -2.04. The van der Waals surface area contributed by atoms with E-state index in [-0.39, 0.29) is 17.7 Å². The van der Waals surface area contributed by atoms with Crippen molar-refractivity contribution >= 4 is 23.2 Å². The van der Waals surface area contributed by atoms with Gasteiger partial charge in [-0.3, -0.25) is 9.59 Å². The van der Waals surface area contributed by atoms with E-state index in [9.17, 15) is 9.59 Å². The van der Waals surface area contributed by atoms with Crippen LogP contribution in [0.5, 0.6) is 0 Å². The van der Waals surface area contributed by atoms with E-state index in [2.05, 4.69) is 31.0 Å². The van der Waals surface area contributed by atoms with Crippen LogP contribution < -0.4 is 10.2 Å². The van der Waals surface area contributed by atoms with Crippen molar-refractivity contribution < 1.29 is 9.59 Å². The van der Waals surface area contributed by atoms with E-state index in [1.165, 1.54) is 0 Å². The Bertz CT molecular complexity index is 637. The third-order valence-electron chi connectivity index (χ3n) is 4.94. The van der Waals surface area contributed by atoms with E-state index in [1.54, 1.807) is 0 Å². The zero-order valence-electron chi connectivity index (χ0n) is 18.8. The Balaban J connectivity index is 3.13. The van der Waals surface area contributed by atoms with Crippen molar-refractivity contribution in [2.24, 2.45) is 11.8 Å². The normalized spacial score (nSPS) is 11.0. The maximum atomic E-state index is 13.0. The number of amides is 2. The second-order valence-corrected chi connectivity index (χ2v) is 8.16. The first-order valence-corrected chi connectivity index (χ1v) is 10.6. The summed E-state index contributed by atoms with van der Waals surface area (Å²) in [7, 11) is 4.01. The topological polar surface area (TPSA) is 52.7 Å². The number of hydrogen-bond donors (Lipinski definition) is 1. The third-order valence-corrected chi connectivity index (χ3v) is 4.94. The number of benzene rings is 1. The van der Waals surface area contributed by atoms with Crippen LogP contribution >= 0.6 is 0 Å². The summed E-state index contributed by atoms with van der Waals surface area (Å²) in [6, 6.07) is 5.96. The van der Waals surface area contributed by atoms with Gasteiger partial charge in [-0.1, -0.05) is 34.6 Å². The Labute approximate surface area is 171 Å². The molecule has 1 aromatic carbocycles. The molecule has 1 N–H and O–H groups in total. The number of carbonyl (C=O) groups excluding carboxylic acids is 2. The number of anilines is 2. The summed E-state index contributed by atoms with van der Waals surface area (Å²) < 4.78 is 0. The van der Waals surface area contributed by atoms with Gasteiger partial charge in [0.25, 0.3) is 0 Å². The van der Waals surface area contributed by atoms with E-state index < -0.39 is 0 Å². The molecule has 0 heterocycles. The smallest absolute Gasteiger partial charge is 0.225 e. The minimum absolute atomic E-state index is 0.0251. The van der Waals surface area contributed by atoms with Gasteiger partial charge in [0.2, 0.25) is 11.8 Å². The molecule has 0 aliphatic heterocycles. The third kappa shape index (κ3) is 7.17. The molecule has 0 aliphatic carbocycles. The second-order valence-electron chi connectivity index (χ2n) is 8.16. The molecule has 1 aromatic rings. The SMILES string of the molecule is CCCN(Cc1cc(NC(=O)CC(C)C)ccc1N(C)C)C(=O)C(CC)CC. The van der Waals surface area contributed by atoms with Gasteiger partial charge < -0.3 is 15.1 Å². The maximum absolute atomic E-state index is 13.0. The summed E-state index contributed by atoms with van der Waals surface area (Å²) in [5.41, 5.74) is 2.91. The molecule has 158 valence electrons. The maximum Gasteiger partial charge on any atom is 0.225 e. The van der Waals surface area contributed by atoms with Gasteiger partial charge >= 0.3 is 0 Å². The number of carbonyl (C=O) groups is 2. The van der Waals surface area contributed by atoms with Gasteiger partial charge in [-0.05, 0) is 48.9 Å². The molecule has 28 heavy (non-hydrogen) atoms. The van der Waals surface area contributed by atoms with Gasteiger partial charge in [-0.2, -0.15) is 0 Å². The average Bonchev–Trinajstić information content (AvgIpc) is 2.61. The fraction of sp³-hybridized carbons (Fsp3) is 0.652. The molecule has 0 aromatic heterocycles. The van der Waals surface area contributed by atoms with Crippen LogP contribution in [0.25, 0.3) is 0 Å². The van der Waals surface area contributed by atoms with Crippen LogP contribution in [0.15, 0.2) is 18.2 Å². The highest BCUT2D eigenvalue weighted by Crippen LogP contribution is 2.26. The molecule has 0 bridgehead atoms. The van der Waals surface area contributed by atoms with Crippen LogP contribution in [-0.4, -0.2) is 37.4 Å². The molecule has 0 saturated heterocycles. The van der Waals surface area contributed by atoms with Crippen LogP contribution in [0.4, 0.5) is 11.4 Å². The van der Waals surface area contributed by atoms with Gasteiger partial charge in [0, 0.05) is 50.9 Å². The number of rotatable bonds is 11. The highest BCUT2D eigenvalue weighted by Gasteiger charge is 2.22. The quantitative estimate of drug-likeness (QED) is 0.585. The molecule has 2 amide bonds. The molecule has 0 unspecified atom stereocenters. The summed E-state index contributed by atoms with van der Waals surface area (Å²) >= 11 is 0. The monoisotopic (exact) mass is 389 g/mol. The van der Waals surface area contributed by atoms with Crippen molar-refractivity contribution in [3.63, 3.8) is 0 Å². The number of nitrogens with zero attached hydrogens (tertiary/aromatic N) is 2. The Morgan fingerprint density at radius 3 is 2.21 bits per heavy atom. The number of nitrogens with one attached hydrogen (secondary N) is 1. The minimum Gasteiger partial charge on any atom is -0.377 e. The van der Waals surface area contributed by atoms with Crippen LogP contribution in [0, 0.1) is 11.8 Å². The molecular formula is C23H39N3O2. The van der Waals surface area contributed by atoms with Gasteiger partial charge in [-0.25, -0.2) is 0 Å². The molecule has 0 atom stereocenters. The molecule has 1 rings (SSSR count). The first-order valence-electron chi connectivity index (χ1n) is 10.6. The van der Waals surface area contributed by atoms with Crippen LogP contribution in [0.3, 0.4) is 0 Å². The molecule has 0 saturated carbocycles. The number of hydrogen-bond acceptors (Lipinski definition) is 3. The van der Waals surface area contributed by atoms with Crippen LogP contribution in [0.1, 0.15) is 65.9 Å². The van der Waals surface area contributed by atoms with Crippen molar-refractivity contribution in [1.82, 2.24) is 4.90 Å². The molecule has 0 spiro atoms. The molecule has 5 heteroatoms. The van der Waals surface area contributed by atoms with Crippen LogP contribution in [0.2, 0.25) is 0 Å². The van der Waals surface area contributed by atoms with E-state index in [0.29, 0.717) is 18.9 Å². The fourth-order valence-corrected chi connectivity index (χ4v) is 3.45. The van der Waals surface area contributed by atoms with Gasteiger partial charge in [0.05, 0.1) is 0 Å². The van der Waals surface area contributed by atoms with Crippen molar-refractivity contribution in [2.75, 3.05) is 30.9 Å². The summed E-state index contributed by atoms with van der Waals surface area (Å²) in [6.45, 7) is 11.6. The molecule has 5 nitrogen and oxygen atoms in total. The zero-order valence-corrected chi connectivity index (χ0v) is 18.8. The van der Waals surface area contributed by atoms with Crippen molar-refractivity contribution in [1.29, 1.82) is 0 Å². The van der Waals surface area contributed by atoms with Gasteiger partial charge in [-0.15, -0.1) is 0 Å². The summed E-state index contributed by atoms with van der Waals surface area (Å²) in [5.74, 6) is 0.643. The lowest BCUT2D eigenvalue weighted by Crippen LogP contribution is -2.36. The fourth-order valence-electron chi connectivity index (χ4n) is 3.45. The predicted octanol–water partition coefficient (Wildman–Crippen LogP) is 4.91. The first-order chi connectivity index (χ1) is 13.2. The predicted molar refractivity (Wildman–Crippen MR) is 119 cm³/mol. The van der Waals surface area contributed by atoms with E-state index in [1.807, 2.05) is 51.0 Å². The largest absolute Gasteiger partial charge is 0.377 e.